The predicted octanol–water partition coefficient (Wildman–Crippen LogP) is 1.82. The third kappa shape index (κ3) is 4.42. The fraction of sp³-hybridized carbons (Fsp3) is 0.529. The van der Waals surface area contributed by atoms with Crippen molar-refractivity contribution in [3.8, 4) is 6.07 Å². The molecule has 1 aliphatic heterocycles. The van der Waals surface area contributed by atoms with Gasteiger partial charge in [-0.25, -0.2) is 0 Å². The van der Waals surface area contributed by atoms with Crippen molar-refractivity contribution < 1.29 is 4.74 Å². The van der Waals surface area contributed by atoms with E-state index in [-0.39, 0.29) is 0 Å². The largest absolute Gasteiger partial charge is 0.379 e. The van der Waals surface area contributed by atoms with Crippen LogP contribution in [-0.2, 0) is 11.3 Å². The molecule has 1 atom stereocenters. The molecule has 0 aromatic carbocycles. The van der Waals surface area contributed by atoms with Crippen LogP contribution >= 0.6 is 11.3 Å². The van der Waals surface area contributed by atoms with Gasteiger partial charge in [0.2, 0.25) is 0 Å². The first kappa shape index (κ1) is 17.1. The molecule has 0 unspecified atom stereocenters. The zero-order valence-electron chi connectivity index (χ0n) is 14.0. The van der Waals surface area contributed by atoms with E-state index in [1.165, 1.54) is 4.88 Å². The molecule has 3 rings (SSSR count). The molecule has 24 heavy (non-hydrogen) atoms. The lowest BCUT2D eigenvalue weighted by Crippen LogP contribution is -2.43. The first-order valence-electron chi connectivity index (χ1n) is 8.22. The number of hydrogen-bond acceptors (Lipinski definition) is 6. The molecule has 7 heteroatoms. The maximum atomic E-state index is 8.87. The summed E-state index contributed by atoms with van der Waals surface area (Å²) in [6.45, 7) is 6.28. The molecule has 0 radical (unpaired) electrons. The maximum Gasteiger partial charge on any atom is 0.102 e. The van der Waals surface area contributed by atoms with Crippen LogP contribution in [0.25, 0.3) is 0 Å². The lowest BCUT2D eigenvalue weighted by atomic mass is 10.1. The van der Waals surface area contributed by atoms with Crippen LogP contribution in [0.2, 0.25) is 0 Å². The minimum absolute atomic E-state index is 0.409. The predicted molar refractivity (Wildman–Crippen MR) is 93.9 cm³/mol. The topological polar surface area (TPSA) is 57.3 Å². The van der Waals surface area contributed by atoms with Gasteiger partial charge in [0.05, 0.1) is 37.6 Å². The number of likely N-dealkylation sites (N-methyl/N-ethyl adjacent to an activating group) is 1. The highest BCUT2D eigenvalue weighted by Gasteiger charge is 2.24. The fourth-order valence-electron chi connectivity index (χ4n) is 2.96. The number of nitrogens with zero attached hydrogens (tertiary/aromatic N) is 5. The summed E-state index contributed by atoms with van der Waals surface area (Å²) < 4.78 is 7.34. The van der Waals surface area contributed by atoms with Crippen LogP contribution in [0.5, 0.6) is 0 Å². The molecule has 0 saturated carbocycles. The summed E-state index contributed by atoms with van der Waals surface area (Å²) >= 11 is 1.82. The second-order valence-electron chi connectivity index (χ2n) is 6.05. The highest BCUT2D eigenvalue weighted by molar-refractivity contribution is 7.10. The zero-order valence-corrected chi connectivity index (χ0v) is 14.8. The van der Waals surface area contributed by atoms with Crippen molar-refractivity contribution in [1.82, 2.24) is 19.6 Å². The van der Waals surface area contributed by atoms with E-state index in [0.29, 0.717) is 11.6 Å². The van der Waals surface area contributed by atoms with Gasteiger partial charge in [-0.05, 0) is 18.5 Å². The van der Waals surface area contributed by atoms with Gasteiger partial charge < -0.3 is 9.64 Å². The van der Waals surface area contributed by atoms with E-state index in [9.17, 15) is 0 Å². The van der Waals surface area contributed by atoms with Crippen molar-refractivity contribution >= 4 is 11.3 Å². The van der Waals surface area contributed by atoms with Crippen molar-refractivity contribution in [1.29, 1.82) is 5.26 Å². The smallest absolute Gasteiger partial charge is 0.102 e. The maximum absolute atomic E-state index is 8.87. The van der Waals surface area contributed by atoms with Crippen molar-refractivity contribution in [3.63, 3.8) is 0 Å². The lowest BCUT2D eigenvalue weighted by Gasteiger charge is -2.36. The number of hydrogen-bond donors (Lipinski definition) is 0. The second kappa shape index (κ2) is 8.40. The Morgan fingerprint density at radius 3 is 2.96 bits per heavy atom. The molecule has 3 heterocycles. The summed E-state index contributed by atoms with van der Waals surface area (Å²) in [5, 5.41) is 15.2. The molecular formula is C17H23N5OS. The van der Waals surface area contributed by atoms with Crippen LogP contribution in [0, 0.1) is 11.3 Å². The van der Waals surface area contributed by atoms with Crippen molar-refractivity contribution in [2.75, 3.05) is 46.4 Å². The Morgan fingerprint density at radius 2 is 2.29 bits per heavy atom. The molecule has 1 fully saturated rings. The number of thiophene rings is 1. The number of morpholine rings is 1. The van der Waals surface area contributed by atoms with E-state index in [4.69, 9.17) is 10.00 Å². The van der Waals surface area contributed by atoms with E-state index < -0.39 is 0 Å². The standard InChI is InChI=1S/C17H23N5OS/c1-20(4-5-22-13-15(11-18)12-19-22)14-16(17-3-2-10-24-17)21-6-8-23-9-7-21/h2-3,10,12-13,16H,4-9,14H2,1H3/t16-/m1/s1. The van der Waals surface area contributed by atoms with Crippen LogP contribution in [0.3, 0.4) is 0 Å². The van der Waals surface area contributed by atoms with Crippen LogP contribution in [0.4, 0.5) is 0 Å². The molecule has 6 nitrogen and oxygen atoms in total. The molecule has 2 aromatic heterocycles. The third-order valence-corrected chi connectivity index (χ3v) is 5.29. The van der Waals surface area contributed by atoms with Crippen LogP contribution in [-0.4, -0.2) is 66.0 Å². The van der Waals surface area contributed by atoms with Crippen molar-refractivity contribution in [2.24, 2.45) is 0 Å². The van der Waals surface area contributed by atoms with Gasteiger partial charge in [-0.2, -0.15) is 10.4 Å². The Morgan fingerprint density at radius 1 is 1.46 bits per heavy atom. The van der Waals surface area contributed by atoms with Gasteiger partial charge in [0.15, 0.2) is 0 Å². The Hall–Kier alpha value is -1.72. The molecule has 128 valence electrons. The third-order valence-electron chi connectivity index (χ3n) is 4.32. The summed E-state index contributed by atoms with van der Waals surface area (Å²) in [6, 6.07) is 6.88. The zero-order chi connectivity index (χ0) is 16.8. The van der Waals surface area contributed by atoms with Gasteiger partial charge in [0, 0.05) is 37.3 Å². The Bertz CT molecular complexity index is 657. The van der Waals surface area contributed by atoms with Crippen molar-refractivity contribution in [3.05, 3.63) is 40.3 Å². The molecule has 1 saturated heterocycles. The summed E-state index contributed by atoms with van der Waals surface area (Å²) in [7, 11) is 2.15. The monoisotopic (exact) mass is 345 g/mol. The molecule has 0 spiro atoms. The van der Waals surface area contributed by atoms with Crippen molar-refractivity contribution in [2.45, 2.75) is 12.6 Å². The Labute approximate surface area is 146 Å². The SMILES string of the molecule is CN(CCn1cc(C#N)cn1)C[C@H](c1cccs1)N1CCOCC1. The van der Waals surface area contributed by atoms with Crippen LogP contribution in [0.1, 0.15) is 16.5 Å². The summed E-state index contributed by atoms with van der Waals surface area (Å²) in [6.07, 6.45) is 3.41. The molecule has 0 amide bonds. The average Bonchev–Trinajstić information content (AvgIpc) is 3.30. The first-order chi connectivity index (χ1) is 11.8. The van der Waals surface area contributed by atoms with Gasteiger partial charge in [-0.1, -0.05) is 6.07 Å². The molecule has 0 N–H and O–H groups in total. The van der Waals surface area contributed by atoms with Gasteiger partial charge in [-0.15, -0.1) is 11.3 Å². The number of ether oxygens (including phenoxy) is 1. The molecular weight excluding hydrogens is 322 g/mol. The number of rotatable bonds is 7. The van der Waals surface area contributed by atoms with E-state index in [0.717, 1.165) is 45.9 Å². The first-order valence-corrected chi connectivity index (χ1v) is 9.10. The second-order valence-corrected chi connectivity index (χ2v) is 7.02. The summed E-state index contributed by atoms with van der Waals surface area (Å²) in [5.41, 5.74) is 0.613. The van der Waals surface area contributed by atoms with Gasteiger partial charge in [-0.3, -0.25) is 9.58 Å². The van der Waals surface area contributed by atoms with Crippen LogP contribution in [0.15, 0.2) is 29.9 Å². The van der Waals surface area contributed by atoms with Gasteiger partial charge in [0.25, 0.3) is 0 Å². The minimum Gasteiger partial charge on any atom is -0.379 e. The highest BCUT2D eigenvalue weighted by Crippen LogP contribution is 2.26. The Kier molecular flexibility index (Phi) is 5.99. The highest BCUT2D eigenvalue weighted by atomic mass is 32.1. The quantitative estimate of drug-likeness (QED) is 0.766. The minimum atomic E-state index is 0.409. The van der Waals surface area contributed by atoms with Gasteiger partial charge in [0.1, 0.15) is 6.07 Å². The number of nitriles is 1. The van der Waals surface area contributed by atoms with Gasteiger partial charge >= 0.3 is 0 Å². The van der Waals surface area contributed by atoms with E-state index in [2.05, 4.69) is 45.5 Å². The number of aromatic nitrogens is 2. The van der Waals surface area contributed by atoms with E-state index in [1.54, 1.807) is 12.4 Å². The van der Waals surface area contributed by atoms with E-state index in [1.807, 2.05) is 16.0 Å². The lowest BCUT2D eigenvalue weighted by molar-refractivity contribution is 0.00991. The summed E-state index contributed by atoms with van der Waals surface area (Å²) in [5.74, 6) is 0. The fourth-order valence-corrected chi connectivity index (χ4v) is 3.81. The van der Waals surface area contributed by atoms with E-state index >= 15 is 0 Å². The molecule has 0 bridgehead atoms. The molecule has 1 aliphatic rings. The molecule has 2 aromatic rings. The average molecular weight is 345 g/mol. The summed E-state index contributed by atoms with van der Waals surface area (Å²) in [4.78, 5) is 6.27. The van der Waals surface area contributed by atoms with Crippen LogP contribution < -0.4 is 0 Å². The molecule has 0 aliphatic carbocycles. The Balaban J connectivity index is 1.58. The normalized spacial score (nSPS) is 17.0.